The first-order valence-electron chi connectivity index (χ1n) is 5.69. The molecule has 0 bridgehead atoms. The van der Waals surface area contributed by atoms with Gasteiger partial charge in [-0.1, -0.05) is 19.3 Å². The Bertz CT molecular complexity index is 211. The number of amides is 1. The normalized spacial score (nSPS) is 22.3. The van der Waals surface area contributed by atoms with Crippen LogP contribution in [0.25, 0.3) is 0 Å². The van der Waals surface area contributed by atoms with Crippen LogP contribution in [0.4, 0.5) is 0 Å². The summed E-state index contributed by atoms with van der Waals surface area (Å²) in [6.45, 7) is 2.54. The Morgan fingerprint density at radius 2 is 2.00 bits per heavy atom. The number of carbonyl (C=O) groups excluding carboxylic acids is 1. The molecule has 0 aromatic carbocycles. The maximum absolute atomic E-state index is 10.9. The van der Waals surface area contributed by atoms with Crippen LogP contribution in [-0.2, 0) is 9.53 Å². The van der Waals surface area contributed by atoms with Crippen LogP contribution in [0.15, 0.2) is 0 Å². The van der Waals surface area contributed by atoms with E-state index in [4.69, 9.17) is 16.2 Å². The molecule has 15 heavy (non-hydrogen) atoms. The molecule has 0 heterocycles. The summed E-state index contributed by atoms with van der Waals surface area (Å²) in [7, 11) is 0. The van der Waals surface area contributed by atoms with Crippen LogP contribution >= 0.6 is 0 Å². The van der Waals surface area contributed by atoms with Crippen molar-refractivity contribution >= 4 is 5.91 Å². The van der Waals surface area contributed by atoms with Gasteiger partial charge in [-0.2, -0.15) is 0 Å². The maximum atomic E-state index is 10.9. The topological polar surface area (TPSA) is 78.3 Å². The van der Waals surface area contributed by atoms with Crippen LogP contribution in [0.2, 0.25) is 0 Å². The first-order valence-corrected chi connectivity index (χ1v) is 5.69. The molecule has 1 amide bonds. The molecular weight excluding hydrogens is 192 g/mol. The van der Waals surface area contributed by atoms with Crippen LogP contribution in [0, 0.1) is 5.92 Å². The summed E-state index contributed by atoms with van der Waals surface area (Å²) < 4.78 is 5.47. The van der Waals surface area contributed by atoms with E-state index in [1.165, 1.54) is 32.1 Å². The number of primary amides is 1. The smallest absolute Gasteiger partial charge is 0.239 e. The minimum atomic E-state index is -1.03. The quantitative estimate of drug-likeness (QED) is 0.710. The van der Waals surface area contributed by atoms with Crippen molar-refractivity contribution in [2.75, 3.05) is 13.2 Å². The van der Waals surface area contributed by atoms with Gasteiger partial charge in [-0.25, -0.2) is 0 Å². The third-order valence-corrected chi connectivity index (χ3v) is 3.04. The van der Waals surface area contributed by atoms with E-state index in [0.717, 1.165) is 0 Å². The number of hydrogen-bond donors (Lipinski definition) is 2. The molecule has 1 fully saturated rings. The first-order chi connectivity index (χ1) is 7.02. The van der Waals surface area contributed by atoms with Gasteiger partial charge in [0.15, 0.2) is 0 Å². The lowest BCUT2D eigenvalue weighted by atomic mass is 9.90. The molecule has 1 aliphatic carbocycles. The van der Waals surface area contributed by atoms with Gasteiger partial charge in [0.05, 0.1) is 6.61 Å². The molecule has 1 atom stereocenters. The number of ether oxygens (including phenoxy) is 1. The lowest BCUT2D eigenvalue weighted by Crippen LogP contribution is -2.53. The van der Waals surface area contributed by atoms with Crippen molar-refractivity contribution in [2.24, 2.45) is 17.4 Å². The molecule has 0 aromatic rings. The Balaban J connectivity index is 2.17. The van der Waals surface area contributed by atoms with Gasteiger partial charge in [0.25, 0.3) is 0 Å². The molecule has 1 saturated carbocycles. The van der Waals surface area contributed by atoms with Crippen LogP contribution in [-0.4, -0.2) is 24.7 Å². The molecule has 1 rings (SSSR count). The highest BCUT2D eigenvalue weighted by Crippen LogP contribution is 2.23. The predicted octanol–water partition coefficient (Wildman–Crippen LogP) is 0.786. The van der Waals surface area contributed by atoms with E-state index in [-0.39, 0.29) is 6.61 Å². The van der Waals surface area contributed by atoms with E-state index >= 15 is 0 Å². The molecule has 0 saturated heterocycles. The number of hydrogen-bond acceptors (Lipinski definition) is 3. The second kappa shape index (κ2) is 5.47. The van der Waals surface area contributed by atoms with E-state index in [1.54, 1.807) is 6.92 Å². The average molecular weight is 214 g/mol. The molecular formula is C11H22N2O2. The highest BCUT2D eigenvalue weighted by molar-refractivity contribution is 5.83. The van der Waals surface area contributed by atoms with Gasteiger partial charge in [0.2, 0.25) is 5.91 Å². The highest BCUT2D eigenvalue weighted by atomic mass is 16.5. The SMILES string of the molecule is CC(N)(COCC1CCCCC1)C(N)=O. The zero-order chi connectivity index (χ0) is 11.3. The monoisotopic (exact) mass is 214 g/mol. The summed E-state index contributed by atoms with van der Waals surface area (Å²) in [6.07, 6.45) is 6.40. The van der Waals surface area contributed by atoms with Crippen molar-refractivity contribution in [3.8, 4) is 0 Å². The fraction of sp³-hybridized carbons (Fsp3) is 0.909. The van der Waals surface area contributed by atoms with Crippen LogP contribution < -0.4 is 11.5 Å². The Kier molecular flexibility index (Phi) is 4.54. The molecule has 1 aliphatic rings. The Hall–Kier alpha value is -0.610. The van der Waals surface area contributed by atoms with Gasteiger partial charge in [0.1, 0.15) is 5.54 Å². The minimum absolute atomic E-state index is 0.221. The summed E-state index contributed by atoms with van der Waals surface area (Å²) in [6, 6.07) is 0. The second-order valence-corrected chi connectivity index (χ2v) is 4.80. The fourth-order valence-corrected chi connectivity index (χ4v) is 1.86. The third kappa shape index (κ3) is 4.18. The first kappa shape index (κ1) is 12.5. The largest absolute Gasteiger partial charge is 0.379 e. The lowest BCUT2D eigenvalue weighted by molar-refractivity contribution is -0.125. The Morgan fingerprint density at radius 1 is 1.40 bits per heavy atom. The molecule has 4 heteroatoms. The van der Waals surface area contributed by atoms with Gasteiger partial charge in [-0.3, -0.25) is 4.79 Å². The van der Waals surface area contributed by atoms with Crippen molar-refractivity contribution in [1.29, 1.82) is 0 Å². The molecule has 0 aliphatic heterocycles. The maximum Gasteiger partial charge on any atom is 0.239 e. The van der Waals surface area contributed by atoms with Crippen molar-refractivity contribution < 1.29 is 9.53 Å². The zero-order valence-corrected chi connectivity index (χ0v) is 9.50. The number of carbonyl (C=O) groups is 1. The van der Waals surface area contributed by atoms with E-state index in [1.807, 2.05) is 0 Å². The molecule has 1 unspecified atom stereocenters. The molecule has 4 nitrogen and oxygen atoms in total. The summed E-state index contributed by atoms with van der Waals surface area (Å²) in [4.78, 5) is 10.9. The average Bonchev–Trinajstić information content (AvgIpc) is 2.19. The molecule has 0 aromatic heterocycles. The zero-order valence-electron chi connectivity index (χ0n) is 9.50. The summed E-state index contributed by atoms with van der Waals surface area (Å²) in [5, 5.41) is 0. The van der Waals surface area contributed by atoms with Crippen LogP contribution in [0.1, 0.15) is 39.0 Å². The van der Waals surface area contributed by atoms with Crippen molar-refractivity contribution in [3.05, 3.63) is 0 Å². The predicted molar refractivity (Wildman–Crippen MR) is 59.2 cm³/mol. The van der Waals surface area contributed by atoms with E-state index in [0.29, 0.717) is 12.5 Å². The summed E-state index contributed by atoms with van der Waals surface area (Å²) in [5.41, 5.74) is 9.79. The van der Waals surface area contributed by atoms with Gasteiger partial charge >= 0.3 is 0 Å². The van der Waals surface area contributed by atoms with Crippen LogP contribution in [0.3, 0.4) is 0 Å². The van der Waals surface area contributed by atoms with Gasteiger partial charge < -0.3 is 16.2 Å². The van der Waals surface area contributed by atoms with Crippen molar-refractivity contribution in [2.45, 2.75) is 44.6 Å². The summed E-state index contributed by atoms with van der Waals surface area (Å²) >= 11 is 0. The fourth-order valence-electron chi connectivity index (χ4n) is 1.86. The standard InChI is InChI=1S/C11H22N2O2/c1-11(13,10(12)14)8-15-7-9-5-3-2-4-6-9/h9H,2-8,13H2,1H3,(H2,12,14). The summed E-state index contributed by atoms with van der Waals surface area (Å²) in [5.74, 6) is 0.133. The van der Waals surface area contributed by atoms with Gasteiger partial charge in [0, 0.05) is 6.61 Å². The van der Waals surface area contributed by atoms with Gasteiger partial charge in [-0.15, -0.1) is 0 Å². The van der Waals surface area contributed by atoms with Gasteiger partial charge in [-0.05, 0) is 25.7 Å². The third-order valence-electron chi connectivity index (χ3n) is 3.04. The number of nitrogens with two attached hydrogens (primary N) is 2. The van der Waals surface area contributed by atoms with Crippen molar-refractivity contribution in [3.63, 3.8) is 0 Å². The van der Waals surface area contributed by atoms with E-state index < -0.39 is 11.4 Å². The lowest BCUT2D eigenvalue weighted by Gasteiger charge is -2.24. The van der Waals surface area contributed by atoms with E-state index in [2.05, 4.69) is 0 Å². The minimum Gasteiger partial charge on any atom is -0.379 e. The van der Waals surface area contributed by atoms with E-state index in [9.17, 15) is 4.79 Å². The molecule has 0 radical (unpaired) electrons. The molecule has 88 valence electrons. The van der Waals surface area contributed by atoms with Crippen molar-refractivity contribution in [1.82, 2.24) is 0 Å². The van der Waals surface area contributed by atoms with Crippen LogP contribution in [0.5, 0.6) is 0 Å². The second-order valence-electron chi connectivity index (χ2n) is 4.80. The number of rotatable bonds is 5. The molecule has 4 N–H and O–H groups in total. The Morgan fingerprint density at radius 3 is 2.53 bits per heavy atom. The molecule has 0 spiro atoms. The highest BCUT2D eigenvalue weighted by Gasteiger charge is 2.26. The Labute approximate surface area is 91.3 Å².